The fraction of sp³-hybridized carbons (Fsp3) is 0.462. The number of rotatable bonds is 4. The van der Waals surface area contributed by atoms with E-state index in [0.717, 1.165) is 12.8 Å². The van der Waals surface area contributed by atoms with Crippen LogP contribution in [0.25, 0.3) is 0 Å². The molecule has 1 aliphatic rings. The highest BCUT2D eigenvalue weighted by atomic mass is 19.1. The SMILES string of the molecule is CCCNNC(=O)c1ccc(F)c2c1CCCO2. The Balaban J connectivity index is 2.20. The van der Waals surface area contributed by atoms with Crippen molar-refractivity contribution in [1.29, 1.82) is 0 Å². The van der Waals surface area contributed by atoms with Crippen LogP contribution in [0.4, 0.5) is 4.39 Å². The van der Waals surface area contributed by atoms with E-state index in [1.165, 1.54) is 12.1 Å². The van der Waals surface area contributed by atoms with Crippen LogP contribution < -0.4 is 15.6 Å². The minimum Gasteiger partial charge on any atom is -0.490 e. The van der Waals surface area contributed by atoms with Crippen LogP contribution in [-0.2, 0) is 6.42 Å². The van der Waals surface area contributed by atoms with Crippen molar-refractivity contribution in [2.45, 2.75) is 26.2 Å². The number of hydrogen-bond acceptors (Lipinski definition) is 3. The van der Waals surface area contributed by atoms with Crippen LogP contribution in [-0.4, -0.2) is 19.1 Å². The predicted molar refractivity (Wildman–Crippen MR) is 66.0 cm³/mol. The maximum absolute atomic E-state index is 13.5. The Morgan fingerprint density at radius 1 is 1.50 bits per heavy atom. The molecule has 1 aromatic carbocycles. The second kappa shape index (κ2) is 5.82. The number of benzene rings is 1. The zero-order chi connectivity index (χ0) is 13.0. The number of hydrazine groups is 1. The number of nitrogens with one attached hydrogen (secondary N) is 2. The summed E-state index contributed by atoms with van der Waals surface area (Å²) in [5, 5.41) is 0. The van der Waals surface area contributed by atoms with E-state index in [0.29, 0.717) is 30.7 Å². The third-order valence-electron chi connectivity index (χ3n) is 2.85. The molecule has 0 aromatic heterocycles. The van der Waals surface area contributed by atoms with Gasteiger partial charge in [-0.2, -0.15) is 0 Å². The van der Waals surface area contributed by atoms with Gasteiger partial charge in [0.1, 0.15) is 0 Å². The zero-order valence-corrected chi connectivity index (χ0v) is 10.4. The molecule has 0 atom stereocenters. The van der Waals surface area contributed by atoms with E-state index in [1.54, 1.807) is 0 Å². The highest BCUT2D eigenvalue weighted by molar-refractivity contribution is 5.96. The number of hydrogen-bond donors (Lipinski definition) is 2. The smallest absolute Gasteiger partial charge is 0.265 e. The molecule has 4 nitrogen and oxygen atoms in total. The molecule has 98 valence electrons. The molecule has 0 bridgehead atoms. The van der Waals surface area contributed by atoms with Crippen molar-refractivity contribution in [3.05, 3.63) is 29.1 Å². The third kappa shape index (κ3) is 2.61. The molecule has 18 heavy (non-hydrogen) atoms. The second-order valence-electron chi connectivity index (χ2n) is 4.24. The lowest BCUT2D eigenvalue weighted by molar-refractivity contribution is 0.0931. The molecule has 1 aromatic rings. The van der Waals surface area contributed by atoms with Crippen LogP contribution in [0.5, 0.6) is 5.75 Å². The van der Waals surface area contributed by atoms with E-state index in [9.17, 15) is 9.18 Å². The number of halogens is 1. The molecule has 0 unspecified atom stereocenters. The quantitative estimate of drug-likeness (QED) is 0.634. The van der Waals surface area contributed by atoms with Crippen molar-refractivity contribution in [2.75, 3.05) is 13.2 Å². The van der Waals surface area contributed by atoms with Crippen molar-refractivity contribution < 1.29 is 13.9 Å². The third-order valence-corrected chi connectivity index (χ3v) is 2.85. The summed E-state index contributed by atoms with van der Waals surface area (Å²) in [5.41, 5.74) is 6.57. The molecular formula is C13H17FN2O2. The molecule has 1 heterocycles. The Hall–Kier alpha value is -1.62. The summed E-state index contributed by atoms with van der Waals surface area (Å²) in [4.78, 5) is 12.0. The van der Waals surface area contributed by atoms with Crippen LogP contribution in [0.2, 0.25) is 0 Å². The molecule has 0 spiro atoms. The van der Waals surface area contributed by atoms with Gasteiger partial charge in [0.25, 0.3) is 5.91 Å². The summed E-state index contributed by atoms with van der Waals surface area (Å²) in [6, 6.07) is 2.78. The van der Waals surface area contributed by atoms with Crippen LogP contribution in [0.3, 0.4) is 0 Å². The van der Waals surface area contributed by atoms with Crippen LogP contribution in [0, 0.1) is 5.82 Å². The lowest BCUT2D eigenvalue weighted by Crippen LogP contribution is -2.38. The highest BCUT2D eigenvalue weighted by Crippen LogP contribution is 2.30. The minimum atomic E-state index is -0.400. The van der Waals surface area contributed by atoms with Crippen molar-refractivity contribution in [2.24, 2.45) is 0 Å². The first-order chi connectivity index (χ1) is 8.74. The van der Waals surface area contributed by atoms with Gasteiger partial charge in [-0.25, -0.2) is 9.82 Å². The number of carbonyl (C=O) groups excluding carboxylic acids is 1. The van der Waals surface area contributed by atoms with E-state index in [-0.39, 0.29) is 11.7 Å². The monoisotopic (exact) mass is 252 g/mol. The molecule has 2 N–H and O–H groups in total. The topological polar surface area (TPSA) is 50.4 Å². The van der Waals surface area contributed by atoms with Gasteiger partial charge >= 0.3 is 0 Å². The van der Waals surface area contributed by atoms with Crippen molar-refractivity contribution in [3.63, 3.8) is 0 Å². The lowest BCUT2D eigenvalue weighted by atomic mass is 9.99. The molecule has 0 fully saturated rings. The maximum Gasteiger partial charge on any atom is 0.265 e. The number of fused-ring (bicyclic) bond motifs is 1. The van der Waals surface area contributed by atoms with Gasteiger partial charge in [0.05, 0.1) is 6.61 Å². The summed E-state index contributed by atoms with van der Waals surface area (Å²) >= 11 is 0. The molecule has 0 radical (unpaired) electrons. The molecule has 0 aliphatic carbocycles. The Kier molecular flexibility index (Phi) is 4.15. The lowest BCUT2D eigenvalue weighted by Gasteiger charge is -2.20. The van der Waals surface area contributed by atoms with Crippen LogP contribution in [0.15, 0.2) is 12.1 Å². The highest BCUT2D eigenvalue weighted by Gasteiger charge is 2.21. The number of ether oxygens (including phenoxy) is 1. The zero-order valence-electron chi connectivity index (χ0n) is 10.4. The molecule has 1 amide bonds. The van der Waals surface area contributed by atoms with E-state index in [1.807, 2.05) is 6.92 Å². The van der Waals surface area contributed by atoms with Gasteiger partial charge in [-0.05, 0) is 31.4 Å². The Bertz CT molecular complexity index is 449. The minimum absolute atomic E-state index is 0.226. The predicted octanol–water partition coefficient (Wildman–Crippen LogP) is 1.80. The first kappa shape index (κ1) is 12.8. The standard InChI is InChI=1S/C13H17FN2O2/c1-2-7-15-16-13(17)10-5-6-11(14)12-9(10)4-3-8-18-12/h5-6,15H,2-4,7-8H2,1H3,(H,16,17). The van der Waals surface area contributed by atoms with E-state index >= 15 is 0 Å². The van der Waals surface area contributed by atoms with Gasteiger partial charge < -0.3 is 4.74 Å². The van der Waals surface area contributed by atoms with Crippen molar-refractivity contribution in [3.8, 4) is 5.75 Å². The van der Waals surface area contributed by atoms with Gasteiger partial charge in [0, 0.05) is 17.7 Å². The van der Waals surface area contributed by atoms with E-state index < -0.39 is 5.82 Å². The Labute approximate surface area is 105 Å². The first-order valence-electron chi connectivity index (χ1n) is 6.21. The number of amides is 1. The molecule has 5 heteroatoms. The fourth-order valence-corrected chi connectivity index (χ4v) is 1.97. The molecule has 0 saturated carbocycles. The second-order valence-corrected chi connectivity index (χ2v) is 4.24. The van der Waals surface area contributed by atoms with Gasteiger partial charge in [-0.1, -0.05) is 6.92 Å². The first-order valence-corrected chi connectivity index (χ1v) is 6.21. The Morgan fingerprint density at radius 3 is 3.11 bits per heavy atom. The van der Waals surface area contributed by atoms with Gasteiger partial charge in [0.2, 0.25) is 0 Å². The maximum atomic E-state index is 13.5. The molecule has 1 aliphatic heterocycles. The largest absolute Gasteiger partial charge is 0.490 e. The summed E-state index contributed by atoms with van der Waals surface area (Å²) in [5.74, 6) is -0.419. The van der Waals surface area contributed by atoms with Gasteiger partial charge in [-0.3, -0.25) is 10.2 Å². The fourth-order valence-electron chi connectivity index (χ4n) is 1.97. The summed E-state index contributed by atoms with van der Waals surface area (Å²) < 4.78 is 18.8. The Morgan fingerprint density at radius 2 is 2.33 bits per heavy atom. The van der Waals surface area contributed by atoms with E-state index in [2.05, 4.69) is 10.9 Å². The van der Waals surface area contributed by atoms with E-state index in [4.69, 9.17) is 4.74 Å². The van der Waals surface area contributed by atoms with Gasteiger partial charge in [0.15, 0.2) is 11.6 Å². The molecule has 0 saturated heterocycles. The molecular weight excluding hydrogens is 235 g/mol. The van der Waals surface area contributed by atoms with Crippen LogP contribution in [0.1, 0.15) is 35.7 Å². The summed E-state index contributed by atoms with van der Waals surface area (Å²) in [6.07, 6.45) is 2.40. The van der Waals surface area contributed by atoms with Crippen LogP contribution >= 0.6 is 0 Å². The summed E-state index contributed by atoms with van der Waals surface area (Å²) in [7, 11) is 0. The average molecular weight is 252 g/mol. The normalized spacial score (nSPS) is 13.7. The molecule has 2 rings (SSSR count). The number of carbonyl (C=O) groups is 1. The summed E-state index contributed by atoms with van der Waals surface area (Å²) in [6.45, 7) is 3.21. The van der Waals surface area contributed by atoms with Crippen molar-refractivity contribution in [1.82, 2.24) is 10.9 Å². The van der Waals surface area contributed by atoms with Gasteiger partial charge in [-0.15, -0.1) is 0 Å². The van der Waals surface area contributed by atoms with Crippen molar-refractivity contribution >= 4 is 5.91 Å². The average Bonchev–Trinajstić information content (AvgIpc) is 2.39.